The van der Waals surface area contributed by atoms with Crippen molar-refractivity contribution in [3.63, 3.8) is 0 Å². The summed E-state index contributed by atoms with van der Waals surface area (Å²) < 4.78 is 15.2. The van der Waals surface area contributed by atoms with E-state index in [1.165, 1.54) is 12.1 Å². The Hall–Kier alpha value is -2.62. The first-order chi connectivity index (χ1) is 10.1. The Kier molecular flexibility index (Phi) is 3.22. The van der Waals surface area contributed by atoms with Crippen molar-refractivity contribution in [1.29, 1.82) is 0 Å². The van der Waals surface area contributed by atoms with Gasteiger partial charge in [-0.2, -0.15) is 0 Å². The van der Waals surface area contributed by atoms with Gasteiger partial charge in [0.05, 0.1) is 5.56 Å². The first kappa shape index (κ1) is 13.4. The van der Waals surface area contributed by atoms with E-state index in [2.05, 4.69) is 0 Å². The molecule has 0 bridgehead atoms. The van der Waals surface area contributed by atoms with E-state index in [-0.39, 0.29) is 5.56 Å². The number of aromatic nitrogens is 1. The Bertz CT molecular complexity index is 836. The maximum atomic E-state index is 13.2. The zero-order valence-corrected chi connectivity index (χ0v) is 11.5. The van der Waals surface area contributed by atoms with E-state index in [0.29, 0.717) is 12.1 Å². The highest BCUT2D eigenvalue weighted by molar-refractivity contribution is 5.89. The number of benzene rings is 2. The minimum Gasteiger partial charge on any atom is -0.478 e. The van der Waals surface area contributed by atoms with Crippen molar-refractivity contribution in [1.82, 2.24) is 4.57 Å². The van der Waals surface area contributed by atoms with Gasteiger partial charge in [-0.05, 0) is 36.2 Å². The van der Waals surface area contributed by atoms with E-state index in [1.54, 1.807) is 0 Å². The van der Waals surface area contributed by atoms with Crippen LogP contribution in [0, 0.1) is 12.7 Å². The lowest BCUT2D eigenvalue weighted by molar-refractivity contribution is 0.0695. The minimum atomic E-state index is -1.11. The summed E-state index contributed by atoms with van der Waals surface area (Å²) in [5, 5.41) is 10.3. The quantitative estimate of drug-likeness (QED) is 0.793. The van der Waals surface area contributed by atoms with Crippen molar-refractivity contribution >= 4 is 16.9 Å². The van der Waals surface area contributed by atoms with Gasteiger partial charge in [-0.3, -0.25) is 0 Å². The molecule has 0 amide bonds. The predicted octanol–water partition coefficient (Wildman–Crippen LogP) is 3.84. The lowest BCUT2D eigenvalue weighted by Crippen LogP contribution is -2.07. The maximum absolute atomic E-state index is 13.2. The first-order valence-corrected chi connectivity index (χ1v) is 6.62. The summed E-state index contributed by atoms with van der Waals surface area (Å²) in [6.07, 6.45) is 1.99. The summed E-state index contributed by atoms with van der Waals surface area (Å²) in [4.78, 5) is 11.3. The highest BCUT2D eigenvalue weighted by atomic mass is 19.1. The topological polar surface area (TPSA) is 42.2 Å². The van der Waals surface area contributed by atoms with Crippen LogP contribution in [0.5, 0.6) is 0 Å². The minimum absolute atomic E-state index is 0.00503. The fraction of sp³-hybridized carbons (Fsp3) is 0.118. The summed E-state index contributed by atoms with van der Waals surface area (Å²) in [7, 11) is 0. The summed E-state index contributed by atoms with van der Waals surface area (Å²) in [5.74, 6) is -1.65. The Labute approximate surface area is 121 Å². The van der Waals surface area contributed by atoms with Crippen LogP contribution in [-0.2, 0) is 6.54 Å². The van der Waals surface area contributed by atoms with Crippen LogP contribution in [0.1, 0.15) is 21.5 Å². The summed E-state index contributed by atoms with van der Waals surface area (Å²) in [6, 6.07) is 11.8. The average molecular weight is 283 g/mol. The van der Waals surface area contributed by atoms with Crippen molar-refractivity contribution in [3.05, 3.63) is 71.2 Å². The van der Waals surface area contributed by atoms with Crippen molar-refractivity contribution in [2.24, 2.45) is 0 Å². The third-order valence-electron chi connectivity index (χ3n) is 3.63. The SMILES string of the molecule is Cc1cn(Cc2ccc(F)cc2C(=O)O)c2ccccc12. The fourth-order valence-corrected chi connectivity index (χ4v) is 2.63. The van der Waals surface area contributed by atoms with Gasteiger partial charge in [0.1, 0.15) is 5.82 Å². The maximum Gasteiger partial charge on any atom is 0.336 e. The second kappa shape index (κ2) is 5.05. The van der Waals surface area contributed by atoms with Gasteiger partial charge in [-0.25, -0.2) is 9.18 Å². The van der Waals surface area contributed by atoms with Gasteiger partial charge >= 0.3 is 5.97 Å². The number of hydrogen-bond donors (Lipinski definition) is 1. The molecule has 0 saturated heterocycles. The third-order valence-corrected chi connectivity index (χ3v) is 3.63. The molecule has 106 valence electrons. The van der Waals surface area contributed by atoms with E-state index >= 15 is 0 Å². The van der Waals surface area contributed by atoms with Crippen LogP contribution in [0.25, 0.3) is 10.9 Å². The molecule has 1 aromatic heterocycles. The molecule has 21 heavy (non-hydrogen) atoms. The molecule has 0 aliphatic heterocycles. The Morgan fingerprint density at radius 1 is 1.24 bits per heavy atom. The van der Waals surface area contributed by atoms with Crippen molar-refractivity contribution in [3.8, 4) is 0 Å². The molecule has 0 atom stereocenters. The number of nitrogens with zero attached hydrogens (tertiary/aromatic N) is 1. The largest absolute Gasteiger partial charge is 0.478 e. The molecule has 1 N–H and O–H groups in total. The van der Waals surface area contributed by atoms with Crippen LogP contribution in [-0.4, -0.2) is 15.6 Å². The second-order valence-corrected chi connectivity index (χ2v) is 5.06. The lowest BCUT2D eigenvalue weighted by atomic mass is 10.1. The number of fused-ring (bicyclic) bond motifs is 1. The van der Waals surface area contributed by atoms with Gasteiger partial charge in [0.2, 0.25) is 0 Å². The average Bonchev–Trinajstić information content (AvgIpc) is 2.78. The zero-order chi connectivity index (χ0) is 15.0. The number of carboxylic acids is 1. The van der Waals surface area contributed by atoms with Gasteiger partial charge in [0.25, 0.3) is 0 Å². The van der Waals surface area contributed by atoms with Crippen molar-refractivity contribution in [2.45, 2.75) is 13.5 Å². The second-order valence-electron chi connectivity index (χ2n) is 5.06. The molecule has 0 unspecified atom stereocenters. The monoisotopic (exact) mass is 283 g/mol. The smallest absolute Gasteiger partial charge is 0.336 e. The van der Waals surface area contributed by atoms with Crippen molar-refractivity contribution < 1.29 is 14.3 Å². The molecular formula is C17H14FNO2. The normalized spacial score (nSPS) is 11.0. The number of aromatic carboxylic acids is 1. The number of para-hydroxylation sites is 1. The van der Waals surface area contributed by atoms with Crippen LogP contribution in [0.2, 0.25) is 0 Å². The van der Waals surface area contributed by atoms with E-state index in [9.17, 15) is 14.3 Å². The highest BCUT2D eigenvalue weighted by Crippen LogP contribution is 2.22. The molecule has 0 aliphatic carbocycles. The molecular weight excluding hydrogens is 269 g/mol. The molecule has 3 nitrogen and oxygen atoms in total. The Balaban J connectivity index is 2.09. The Morgan fingerprint density at radius 2 is 2.00 bits per heavy atom. The van der Waals surface area contributed by atoms with Crippen molar-refractivity contribution in [2.75, 3.05) is 0 Å². The van der Waals surface area contributed by atoms with Gasteiger partial charge < -0.3 is 9.67 Å². The molecule has 4 heteroatoms. The molecule has 0 spiro atoms. The number of carboxylic acid groups (broad SMARTS) is 1. The van der Waals surface area contributed by atoms with Crippen LogP contribution >= 0.6 is 0 Å². The van der Waals surface area contributed by atoms with Crippen LogP contribution in [0.3, 0.4) is 0 Å². The third kappa shape index (κ3) is 2.40. The van der Waals surface area contributed by atoms with E-state index in [1.807, 2.05) is 42.0 Å². The molecule has 0 aliphatic rings. The van der Waals surface area contributed by atoms with E-state index in [0.717, 1.165) is 22.5 Å². The molecule has 0 fully saturated rings. The predicted molar refractivity (Wildman–Crippen MR) is 79.1 cm³/mol. The molecule has 2 aromatic carbocycles. The standard InChI is InChI=1S/C17H14FNO2/c1-11-9-19(16-5-3-2-4-14(11)16)10-12-6-7-13(18)8-15(12)17(20)21/h2-9H,10H2,1H3,(H,20,21). The number of rotatable bonds is 3. The Morgan fingerprint density at radius 3 is 2.76 bits per heavy atom. The van der Waals surface area contributed by atoms with Gasteiger partial charge in [-0.15, -0.1) is 0 Å². The fourth-order valence-electron chi connectivity index (χ4n) is 2.63. The number of aryl methyl sites for hydroxylation is 1. The van der Waals surface area contributed by atoms with E-state index < -0.39 is 11.8 Å². The van der Waals surface area contributed by atoms with Gasteiger partial charge in [-0.1, -0.05) is 24.3 Å². The summed E-state index contributed by atoms with van der Waals surface area (Å²) >= 11 is 0. The van der Waals surface area contributed by atoms with Crippen LogP contribution in [0.15, 0.2) is 48.7 Å². The first-order valence-electron chi connectivity index (χ1n) is 6.62. The zero-order valence-electron chi connectivity index (χ0n) is 11.5. The summed E-state index contributed by atoms with van der Waals surface area (Å²) in [6.45, 7) is 2.41. The van der Waals surface area contributed by atoms with Crippen LogP contribution in [0.4, 0.5) is 4.39 Å². The lowest BCUT2D eigenvalue weighted by Gasteiger charge is -2.09. The highest BCUT2D eigenvalue weighted by Gasteiger charge is 2.13. The molecule has 0 saturated carbocycles. The summed E-state index contributed by atoms with van der Waals surface area (Å²) in [5.41, 5.74) is 2.76. The molecule has 0 radical (unpaired) electrons. The molecule has 1 heterocycles. The number of hydrogen-bond acceptors (Lipinski definition) is 1. The van der Waals surface area contributed by atoms with E-state index in [4.69, 9.17) is 0 Å². The van der Waals surface area contributed by atoms with Gasteiger partial charge in [0.15, 0.2) is 0 Å². The number of halogens is 1. The van der Waals surface area contributed by atoms with Crippen LogP contribution < -0.4 is 0 Å². The number of carbonyl (C=O) groups is 1. The molecule has 3 aromatic rings. The molecule has 3 rings (SSSR count). The van der Waals surface area contributed by atoms with Gasteiger partial charge in [0, 0.05) is 23.6 Å².